The zero-order valence-corrected chi connectivity index (χ0v) is 12.7. The molecule has 2 atom stereocenters. The van der Waals surface area contributed by atoms with Crippen LogP contribution in [0.3, 0.4) is 0 Å². The fourth-order valence-electron chi connectivity index (χ4n) is 2.78. The number of aryl methyl sites for hydroxylation is 1. The van der Waals surface area contributed by atoms with E-state index in [0.717, 1.165) is 43.5 Å². The first-order chi connectivity index (χ1) is 9.70. The maximum absolute atomic E-state index is 6.08. The molecule has 1 aromatic rings. The second-order valence-corrected chi connectivity index (χ2v) is 5.72. The molecule has 112 valence electrons. The third kappa shape index (κ3) is 4.18. The summed E-state index contributed by atoms with van der Waals surface area (Å²) in [5, 5.41) is 3.60. The van der Waals surface area contributed by atoms with Crippen molar-refractivity contribution in [3.63, 3.8) is 0 Å². The third-order valence-electron chi connectivity index (χ3n) is 3.87. The minimum atomic E-state index is 0.241. The van der Waals surface area contributed by atoms with Crippen LogP contribution in [0.25, 0.3) is 0 Å². The van der Waals surface area contributed by atoms with Gasteiger partial charge in [0.1, 0.15) is 5.82 Å². The summed E-state index contributed by atoms with van der Waals surface area (Å²) in [6.45, 7) is 6.13. The number of nitrogens with zero attached hydrogens (tertiary/aromatic N) is 1. The Hall–Kier alpha value is -1.13. The lowest BCUT2D eigenvalue weighted by molar-refractivity contribution is 0.00508. The van der Waals surface area contributed by atoms with Gasteiger partial charge in [-0.25, -0.2) is 4.98 Å². The summed E-state index contributed by atoms with van der Waals surface area (Å²) in [5.74, 6) is 0.639. The van der Waals surface area contributed by atoms with Crippen LogP contribution < -0.4 is 11.1 Å². The quantitative estimate of drug-likeness (QED) is 0.839. The highest BCUT2D eigenvalue weighted by Crippen LogP contribution is 2.28. The molecule has 0 radical (unpaired) electrons. The number of hydrogen-bond acceptors (Lipinski definition) is 4. The summed E-state index contributed by atoms with van der Waals surface area (Å²) < 4.78 is 5.88. The topological polar surface area (TPSA) is 60.2 Å². The SMILES string of the molecule is CCCNC(CC1CCCCO1)c1cc(C)cnc1N. The monoisotopic (exact) mass is 277 g/mol. The number of nitrogen functional groups attached to an aromatic ring is 1. The fraction of sp³-hybridized carbons (Fsp3) is 0.688. The predicted molar refractivity (Wildman–Crippen MR) is 82.6 cm³/mol. The maximum atomic E-state index is 6.08. The number of rotatable bonds is 6. The van der Waals surface area contributed by atoms with Crippen LogP contribution in [0.4, 0.5) is 5.82 Å². The summed E-state index contributed by atoms with van der Waals surface area (Å²) in [6, 6.07) is 2.39. The molecule has 0 bridgehead atoms. The first kappa shape index (κ1) is 15.3. The van der Waals surface area contributed by atoms with Crippen LogP contribution in [0, 0.1) is 6.92 Å². The van der Waals surface area contributed by atoms with Crippen LogP contribution in [0.2, 0.25) is 0 Å². The van der Waals surface area contributed by atoms with E-state index in [1.54, 1.807) is 0 Å². The van der Waals surface area contributed by atoms with E-state index < -0.39 is 0 Å². The Morgan fingerprint density at radius 2 is 2.35 bits per heavy atom. The van der Waals surface area contributed by atoms with E-state index in [-0.39, 0.29) is 6.04 Å². The van der Waals surface area contributed by atoms with Crippen LogP contribution in [-0.4, -0.2) is 24.2 Å². The molecule has 1 aromatic heterocycles. The first-order valence-electron chi connectivity index (χ1n) is 7.77. The van der Waals surface area contributed by atoms with E-state index in [4.69, 9.17) is 10.5 Å². The number of nitrogens with two attached hydrogens (primary N) is 1. The Kier molecular flexibility index (Phi) is 5.80. The lowest BCUT2D eigenvalue weighted by atomic mass is 9.96. The van der Waals surface area contributed by atoms with Crippen molar-refractivity contribution < 1.29 is 4.74 Å². The molecule has 0 spiro atoms. The van der Waals surface area contributed by atoms with Gasteiger partial charge in [0.05, 0.1) is 6.10 Å². The van der Waals surface area contributed by atoms with Gasteiger partial charge in [0.15, 0.2) is 0 Å². The van der Waals surface area contributed by atoms with Gasteiger partial charge >= 0.3 is 0 Å². The van der Waals surface area contributed by atoms with Crippen molar-refractivity contribution in [2.45, 2.75) is 58.1 Å². The Morgan fingerprint density at radius 1 is 1.50 bits per heavy atom. The second kappa shape index (κ2) is 7.60. The van der Waals surface area contributed by atoms with Gasteiger partial charge in [0.25, 0.3) is 0 Å². The molecule has 1 fully saturated rings. The largest absolute Gasteiger partial charge is 0.383 e. The van der Waals surface area contributed by atoms with Crippen LogP contribution in [0.15, 0.2) is 12.3 Å². The Bertz CT molecular complexity index is 416. The van der Waals surface area contributed by atoms with Crippen molar-refractivity contribution in [3.05, 3.63) is 23.4 Å². The molecule has 0 saturated carbocycles. The van der Waals surface area contributed by atoms with Gasteiger partial charge in [-0.05, 0) is 57.2 Å². The lowest BCUT2D eigenvalue weighted by Gasteiger charge is -2.28. The average Bonchev–Trinajstić information content (AvgIpc) is 2.47. The van der Waals surface area contributed by atoms with E-state index in [1.165, 1.54) is 12.8 Å². The van der Waals surface area contributed by atoms with E-state index in [1.807, 2.05) is 6.20 Å². The second-order valence-electron chi connectivity index (χ2n) is 5.72. The van der Waals surface area contributed by atoms with Gasteiger partial charge in [-0.1, -0.05) is 6.92 Å². The van der Waals surface area contributed by atoms with Gasteiger partial charge in [0, 0.05) is 24.4 Å². The van der Waals surface area contributed by atoms with Crippen molar-refractivity contribution in [2.75, 3.05) is 18.9 Å². The molecular weight excluding hydrogens is 250 g/mol. The molecule has 1 saturated heterocycles. The highest BCUT2D eigenvalue weighted by atomic mass is 16.5. The van der Waals surface area contributed by atoms with Crippen molar-refractivity contribution in [1.82, 2.24) is 10.3 Å². The Balaban J connectivity index is 2.10. The van der Waals surface area contributed by atoms with Crippen LogP contribution in [0.1, 0.15) is 56.2 Å². The zero-order chi connectivity index (χ0) is 14.4. The van der Waals surface area contributed by atoms with Crippen molar-refractivity contribution in [3.8, 4) is 0 Å². The minimum Gasteiger partial charge on any atom is -0.383 e. The molecule has 4 heteroatoms. The fourth-order valence-corrected chi connectivity index (χ4v) is 2.78. The Morgan fingerprint density at radius 3 is 3.05 bits per heavy atom. The molecule has 20 heavy (non-hydrogen) atoms. The summed E-state index contributed by atoms with van der Waals surface area (Å²) >= 11 is 0. The normalized spacial score (nSPS) is 20.8. The van der Waals surface area contributed by atoms with Crippen LogP contribution >= 0.6 is 0 Å². The molecule has 0 aromatic carbocycles. The van der Waals surface area contributed by atoms with Crippen LogP contribution in [0.5, 0.6) is 0 Å². The highest BCUT2D eigenvalue weighted by molar-refractivity contribution is 5.43. The molecule has 2 rings (SSSR count). The van der Waals surface area contributed by atoms with Gasteiger partial charge < -0.3 is 15.8 Å². The average molecular weight is 277 g/mol. The lowest BCUT2D eigenvalue weighted by Crippen LogP contribution is -2.30. The van der Waals surface area contributed by atoms with E-state index in [2.05, 4.69) is 30.2 Å². The molecule has 2 unspecified atom stereocenters. The van der Waals surface area contributed by atoms with Crippen molar-refractivity contribution >= 4 is 5.82 Å². The van der Waals surface area contributed by atoms with Gasteiger partial charge in [0.2, 0.25) is 0 Å². The molecule has 4 nitrogen and oxygen atoms in total. The highest BCUT2D eigenvalue weighted by Gasteiger charge is 2.22. The standard InChI is InChI=1S/C16H27N3O/c1-3-7-18-15(10-13-6-4-5-8-20-13)14-9-12(2)11-19-16(14)17/h9,11,13,15,18H,3-8,10H2,1-2H3,(H2,17,19). The van der Waals surface area contributed by atoms with Gasteiger partial charge in [-0.2, -0.15) is 0 Å². The van der Waals surface area contributed by atoms with Gasteiger partial charge in [-0.15, -0.1) is 0 Å². The Labute approximate surface area is 122 Å². The smallest absolute Gasteiger partial charge is 0.128 e. The first-order valence-corrected chi connectivity index (χ1v) is 7.77. The number of ether oxygens (including phenoxy) is 1. The zero-order valence-electron chi connectivity index (χ0n) is 12.7. The molecule has 1 aliphatic heterocycles. The van der Waals surface area contributed by atoms with E-state index in [9.17, 15) is 0 Å². The van der Waals surface area contributed by atoms with Gasteiger partial charge in [-0.3, -0.25) is 0 Å². The number of pyridine rings is 1. The van der Waals surface area contributed by atoms with Crippen molar-refractivity contribution in [2.24, 2.45) is 0 Å². The summed E-state index contributed by atoms with van der Waals surface area (Å²) in [5.41, 5.74) is 8.35. The maximum Gasteiger partial charge on any atom is 0.128 e. The number of hydrogen-bond donors (Lipinski definition) is 2. The van der Waals surface area contributed by atoms with Crippen LogP contribution in [-0.2, 0) is 4.74 Å². The summed E-state index contributed by atoms with van der Waals surface area (Å²) in [4.78, 5) is 4.30. The molecule has 2 heterocycles. The molecule has 3 N–H and O–H groups in total. The minimum absolute atomic E-state index is 0.241. The van der Waals surface area contributed by atoms with E-state index >= 15 is 0 Å². The van der Waals surface area contributed by atoms with E-state index in [0.29, 0.717) is 11.9 Å². The van der Waals surface area contributed by atoms with Crippen molar-refractivity contribution in [1.29, 1.82) is 0 Å². The summed E-state index contributed by atoms with van der Waals surface area (Å²) in [7, 11) is 0. The number of nitrogens with one attached hydrogen (secondary N) is 1. The number of anilines is 1. The number of aromatic nitrogens is 1. The third-order valence-corrected chi connectivity index (χ3v) is 3.87. The molecule has 1 aliphatic rings. The predicted octanol–water partition coefficient (Wildman–Crippen LogP) is 2.97. The molecule has 0 amide bonds. The summed E-state index contributed by atoms with van der Waals surface area (Å²) in [6.07, 6.45) is 7.88. The molecular formula is C16H27N3O. The molecule has 0 aliphatic carbocycles.